The molecule has 0 fully saturated rings. The van der Waals surface area contributed by atoms with Crippen molar-refractivity contribution in [3.8, 4) is 0 Å². The number of hydrogen-bond donors (Lipinski definition) is 0. The Bertz CT molecular complexity index is 166. The number of hydrogen-bond acceptors (Lipinski definition) is 1. The molecule has 0 bridgehead atoms. The van der Waals surface area contributed by atoms with Crippen LogP contribution in [0.1, 0.15) is 48.0 Å². The molecular weight excluding hydrogens is 188 g/mol. The van der Waals surface area contributed by atoms with Crippen molar-refractivity contribution in [2.75, 3.05) is 11.5 Å². The zero-order valence-corrected chi connectivity index (χ0v) is 11.5. The first-order valence-electron chi connectivity index (χ1n) is 5.74. The van der Waals surface area contributed by atoms with Crippen LogP contribution in [0.25, 0.3) is 0 Å². The third-order valence-corrected chi connectivity index (χ3v) is 2.80. The Hall–Kier alpha value is -0.170. The molecule has 0 aromatic rings. The van der Waals surface area contributed by atoms with Crippen molar-refractivity contribution < 1.29 is 0 Å². The lowest BCUT2D eigenvalue weighted by Crippen LogP contribution is -1.96. The van der Waals surface area contributed by atoms with Crippen LogP contribution < -0.4 is 0 Å². The zero-order valence-electron chi connectivity index (χ0n) is 10.7. The fourth-order valence-electron chi connectivity index (χ4n) is 1.07. The summed E-state index contributed by atoms with van der Waals surface area (Å²) in [5, 5.41) is 0. The van der Waals surface area contributed by atoms with Gasteiger partial charge in [0.05, 0.1) is 0 Å². The van der Waals surface area contributed by atoms with Gasteiger partial charge < -0.3 is 0 Å². The van der Waals surface area contributed by atoms with Crippen molar-refractivity contribution in [2.24, 2.45) is 0 Å². The van der Waals surface area contributed by atoms with Gasteiger partial charge in [0.1, 0.15) is 0 Å². The van der Waals surface area contributed by atoms with Gasteiger partial charge in [-0.05, 0) is 31.6 Å². The lowest BCUT2D eigenvalue weighted by molar-refractivity contribution is 1.09. The average molecular weight is 214 g/mol. The highest BCUT2D eigenvalue weighted by Crippen LogP contribution is 2.22. The van der Waals surface area contributed by atoms with E-state index in [0.717, 1.165) is 0 Å². The summed E-state index contributed by atoms with van der Waals surface area (Å²) in [6.45, 7) is 12.3. The molecule has 0 aromatic heterocycles. The Kier molecular flexibility index (Phi) is 14.9. The first-order chi connectivity index (χ1) is 6.84. The molecule has 0 aromatic carbocycles. The van der Waals surface area contributed by atoms with Gasteiger partial charge in [-0.2, -0.15) is 11.8 Å². The fourth-order valence-corrected chi connectivity index (χ4v) is 1.92. The second kappa shape index (κ2) is 12.8. The summed E-state index contributed by atoms with van der Waals surface area (Å²) < 4.78 is 0. The van der Waals surface area contributed by atoms with Crippen LogP contribution in [0.3, 0.4) is 0 Å². The Morgan fingerprint density at radius 3 is 2.21 bits per heavy atom. The zero-order chi connectivity index (χ0) is 11.4. The Morgan fingerprint density at radius 1 is 1.29 bits per heavy atom. The molecule has 1 rings (SSSR count). The van der Waals surface area contributed by atoms with Crippen molar-refractivity contribution in [1.82, 2.24) is 0 Å². The molecule has 1 heterocycles. The smallest absolute Gasteiger partial charge is 0.0119 e. The van der Waals surface area contributed by atoms with E-state index in [-0.39, 0.29) is 0 Å². The van der Waals surface area contributed by atoms with Crippen molar-refractivity contribution in [1.29, 1.82) is 0 Å². The normalized spacial score (nSPS) is 15.6. The molecule has 0 radical (unpaired) electrons. The molecule has 0 atom stereocenters. The van der Waals surface area contributed by atoms with E-state index in [4.69, 9.17) is 0 Å². The predicted molar refractivity (Wildman–Crippen MR) is 72.2 cm³/mol. The summed E-state index contributed by atoms with van der Waals surface area (Å²) in [5.74, 6) is 2.51. The highest BCUT2D eigenvalue weighted by molar-refractivity contribution is 7.99. The van der Waals surface area contributed by atoms with E-state index in [1.54, 1.807) is 5.57 Å². The van der Waals surface area contributed by atoms with Crippen LogP contribution in [0.15, 0.2) is 23.3 Å². The number of rotatable bonds is 1. The predicted octanol–water partition coefficient (Wildman–Crippen LogP) is 5.07. The monoisotopic (exact) mass is 214 g/mol. The molecule has 0 spiro atoms. The molecule has 1 aliphatic heterocycles. The maximum atomic E-state index is 2.35. The van der Waals surface area contributed by atoms with Crippen LogP contribution in [-0.2, 0) is 0 Å². The summed E-state index contributed by atoms with van der Waals surface area (Å²) in [7, 11) is 0. The summed E-state index contributed by atoms with van der Waals surface area (Å²) in [5.41, 5.74) is 3.02. The lowest BCUT2D eigenvalue weighted by Gasteiger charge is -2.12. The molecule has 0 N–H and O–H groups in total. The SMILES string of the molecule is C/C=C(\C)C1=CCSCC1.CC.CC. The topological polar surface area (TPSA) is 0 Å². The quantitative estimate of drug-likeness (QED) is 0.587. The van der Waals surface area contributed by atoms with Crippen LogP contribution in [0.5, 0.6) is 0 Å². The van der Waals surface area contributed by atoms with Crippen molar-refractivity contribution in [3.63, 3.8) is 0 Å². The molecule has 0 nitrogen and oxygen atoms in total. The Balaban J connectivity index is 0. The van der Waals surface area contributed by atoms with Crippen LogP contribution in [0.2, 0.25) is 0 Å². The van der Waals surface area contributed by atoms with Gasteiger partial charge in [0.15, 0.2) is 0 Å². The van der Waals surface area contributed by atoms with Gasteiger partial charge in [0, 0.05) is 5.75 Å². The van der Waals surface area contributed by atoms with Gasteiger partial charge in [0.25, 0.3) is 0 Å². The molecule has 0 aliphatic carbocycles. The lowest BCUT2D eigenvalue weighted by atomic mass is 10.1. The van der Waals surface area contributed by atoms with Gasteiger partial charge in [-0.25, -0.2) is 0 Å². The molecule has 1 aliphatic rings. The maximum Gasteiger partial charge on any atom is 0.0119 e. The minimum atomic E-state index is 1.21. The molecule has 14 heavy (non-hydrogen) atoms. The van der Waals surface area contributed by atoms with Gasteiger partial charge in [-0.3, -0.25) is 0 Å². The summed E-state index contributed by atoms with van der Waals surface area (Å²) >= 11 is 2.02. The largest absolute Gasteiger partial charge is 0.157 e. The average Bonchev–Trinajstić information content (AvgIpc) is 2.34. The Labute approximate surface area is 94.9 Å². The molecule has 84 valence electrons. The number of allylic oxidation sites excluding steroid dienone is 3. The second-order valence-corrected chi connectivity index (χ2v) is 3.68. The van der Waals surface area contributed by atoms with Crippen LogP contribution >= 0.6 is 11.8 Å². The first kappa shape index (κ1) is 16.3. The number of thioether (sulfide) groups is 1. The summed E-state index contributed by atoms with van der Waals surface area (Å²) in [6, 6.07) is 0. The first-order valence-corrected chi connectivity index (χ1v) is 6.90. The highest BCUT2D eigenvalue weighted by Gasteiger charge is 2.03. The molecule has 0 saturated carbocycles. The highest BCUT2D eigenvalue weighted by atomic mass is 32.2. The van der Waals surface area contributed by atoms with E-state index in [0.29, 0.717) is 0 Å². The summed E-state index contributed by atoms with van der Waals surface area (Å²) in [4.78, 5) is 0. The van der Waals surface area contributed by atoms with Crippen molar-refractivity contribution in [2.45, 2.75) is 48.0 Å². The van der Waals surface area contributed by atoms with E-state index in [1.807, 2.05) is 39.5 Å². The second-order valence-electron chi connectivity index (χ2n) is 2.53. The third-order valence-electron chi connectivity index (χ3n) is 1.90. The van der Waals surface area contributed by atoms with Gasteiger partial charge in [0.2, 0.25) is 0 Å². The van der Waals surface area contributed by atoms with E-state index in [1.165, 1.54) is 23.5 Å². The van der Waals surface area contributed by atoms with Crippen molar-refractivity contribution >= 4 is 11.8 Å². The molecule has 0 saturated heterocycles. The van der Waals surface area contributed by atoms with Crippen LogP contribution in [-0.4, -0.2) is 11.5 Å². The van der Waals surface area contributed by atoms with Gasteiger partial charge in [-0.1, -0.05) is 45.4 Å². The molecule has 0 amide bonds. The maximum absolute atomic E-state index is 2.35. The van der Waals surface area contributed by atoms with Crippen LogP contribution in [0.4, 0.5) is 0 Å². The van der Waals surface area contributed by atoms with Gasteiger partial charge >= 0.3 is 0 Å². The standard InChI is InChI=1S/C9H14S.2C2H6/c1-3-8(2)9-4-6-10-7-5-9;2*1-2/h3-4H,5-7H2,1-2H3;2*1-2H3/b8-3+;;. The van der Waals surface area contributed by atoms with E-state index in [2.05, 4.69) is 26.0 Å². The summed E-state index contributed by atoms with van der Waals surface area (Å²) in [6.07, 6.45) is 5.81. The molecular formula is C13H26S. The molecule has 1 heteroatoms. The van der Waals surface area contributed by atoms with E-state index in [9.17, 15) is 0 Å². The minimum absolute atomic E-state index is 1.21. The minimum Gasteiger partial charge on any atom is -0.157 e. The van der Waals surface area contributed by atoms with E-state index < -0.39 is 0 Å². The van der Waals surface area contributed by atoms with Crippen molar-refractivity contribution in [3.05, 3.63) is 23.3 Å². The Morgan fingerprint density at radius 2 is 1.86 bits per heavy atom. The van der Waals surface area contributed by atoms with E-state index >= 15 is 0 Å². The fraction of sp³-hybridized carbons (Fsp3) is 0.692. The van der Waals surface area contributed by atoms with Crippen LogP contribution in [0, 0.1) is 0 Å². The third kappa shape index (κ3) is 7.25. The molecule has 0 unspecified atom stereocenters. The van der Waals surface area contributed by atoms with Gasteiger partial charge in [-0.15, -0.1) is 0 Å².